The molecule has 226 valence electrons. The van der Waals surface area contributed by atoms with Crippen molar-refractivity contribution < 1.29 is 33.9 Å². The highest BCUT2D eigenvalue weighted by molar-refractivity contribution is 5.95. The molecule has 0 aromatic rings. The van der Waals surface area contributed by atoms with Gasteiger partial charge in [0.1, 0.15) is 18.1 Å². The summed E-state index contributed by atoms with van der Waals surface area (Å²) in [5.74, 6) is -6.16. The Morgan fingerprint density at radius 3 is 1.52 bits per heavy atom. The molecule has 0 aliphatic rings. The first-order valence-electron chi connectivity index (χ1n) is 12.2. The third-order valence-electron chi connectivity index (χ3n) is 5.21. The third-order valence-corrected chi connectivity index (χ3v) is 5.21. The van der Waals surface area contributed by atoms with E-state index in [1.165, 1.54) is 0 Å². The van der Waals surface area contributed by atoms with Crippen LogP contribution in [0.4, 0.5) is 0 Å². The number of rotatable bonds is 20. The van der Waals surface area contributed by atoms with E-state index < -0.39 is 66.1 Å². The number of nitrogens with zero attached hydrogens (tertiary/aromatic N) is 2. The Labute approximate surface area is 230 Å². The van der Waals surface area contributed by atoms with Crippen molar-refractivity contribution in [2.24, 2.45) is 50.1 Å². The summed E-state index contributed by atoms with van der Waals surface area (Å²) < 4.78 is 0. The summed E-state index contributed by atoms with van der Waals surface area (Å²) in [5.41, 5.74) is 37.1. The number of primary amides is 2. The standard InChI is InChI=1S/C21H40N12O7/c22-10(3-1-7-29-20(25)26)16(36)31-12(5-6-14(23)34)18(38)32-11(4-2-8-30-21(27)28)17(37)33-13(19(39)40)9-15(24)35/h10-13H,1-9,22H2,(H2,23,34)(H2,24,35)(H,31,36)(H,32,38)(H,33,37)(H,39,40)(H4,25,26,29)(H4,27,28,30). The second kappa shape index (κ2) is 18.6. The van der Waals surface area contributed by atoms with Gasteiger partial charge in [-0.25, -0.2) is 4.79 Å². The maximum atomic E-state index is 13.1. The van der Waals surface area contributed by atoms with E-state index in [4.69, 9.17) is 40.1 Å². The molecule has 0 bridgehead atoms. The number of hydrogen-bond donors (Lipinski definition) is 11. The molecule has 0 aliphatic heterocycles. The Kier molecular flexibility index (Phi) is 16.4. The molecule has 0 aromatic carbocycles. The number of carboxylic acid groups (broad SMARTS) is 1. The minimum Gasteiger partial charge on any atom is -0.480 e. The zero-order valence-electron chi connectivity index (χ0n) is 22.0. The fraction of sp³-hybridized carbons (Fsp3) is 0.619. The van der Waals surface area contributed by atoms with Crippen molar-refractivity contribution >= 4 is 47.4 Å². The highest BCUT2D eigenvalue weighted by Gasteiger charge is 2.30. The zero-order valence-corrected chi connectivity index (χ0v) is 22.0. The number of carbonyl (C=O) groups excluding carboxylic acids is 5. The predicted octanol–water partition coefficient (Wildman–Crippen LogP) is -5.90. The Balaban J connectivity index is 5.66. The first kappa shape index (κ1) is 35.3. The molecular formula is C21H40N12O7. The van der Waals surface area contributed by atoms with Gasteiger partial charge >= 0.3 is 5.97 Å². The molecule has 0 rings (SSSR count). The SMILES string of the molecule is NC(=O)CCC(NC(=O)C(N)CCCN=C(N)N)C(=O)NC(CCCN=C(N)N)C(=O)NC(CC(N)=O)C(=O)O. The zero-order chi connectivity index (χ0) is 30.8. The summed E-state index contributed by atoms with van der Waals surface area (Å²) in [6.45, 7) is 0.292. The largest absolute Gasteiger partial charge is 0.480 e. The second-order valence-corrected chi connectivity index (χ2v) is 8.70. The normalized spacial score (nSPS) is 13.4. The second-order valence-electron chi connectivity index (χ2n) is 8.70. The van der Waals surface area contributed by atoms with E-state index in [0.717, 1.165) is 0 Å². The van der Waals surface area contributed by atoms with Gasteiger partial charge in [0.25, 0.3) is 0 Å². The minimum absolute atomic E-state index is 0.0714. The smallest absolute Gasteiger partial charge is 0.326 e. The average Bonchev–Trinajstić information content (AvgIpc) is 2.84. The summed E-state index contributed by atoms with van der Waals surface area (Å²) in [7, 11) is 0. The lowest BCUT2D eigenvalue weighted by Crippen LogP contribution is -2.57. The van der Waals surface area contributed by atoms with Crippen LogP contribution >= 0.6 is 0 Å². The molecule has 0 aliphatic carbocycles. The predicted molar refractivity (Wildman–Crippen MR) is 143 cm³/mol. The molecule has 40 heavy (non-hydrogen) atoms. The molecule has 4 atom stereocenters. The Morgan fingerprint density at radius 2 is 1.07 bits per heavy atom. The molecule has 0 saturated heterocycles. The Hall–Kier alpha value is -4.68. The molecular weight excluding hydrogens is 532 g/mol. The first-order valence-corrected chi connectivity index (χ1v) is 12.2. The van der Waals surface area contributed by atoms with Gasteiger partial charge < -0.3 is 61.2 Å². The number of hydrogen-bond acceptors (Lipinski definition) is 9. The van der Waals surface area contributed by atoms with E-state index in [2.05, 4.69) is 25.9 Å². The minimum atomic E-state index is -1.66. The van der Waals surface area contributed by atoms with Gasteiger partial charge in [0, 0.05) is 19.5 Å². The number of carboxylic acids is 1. The van der Waals surface area contributed by atoms with Crippen molar-refractivity contribution in [2.75, 3.05) is 13.1 Å². The summed E-state index contributed by atoms with van der Waals surface area (Å²) in [5, 5.41) is 16.3. The lowest BCUT2D eigenvalue weighted by atomic mass is 10.1. The number of nitrogens with two attached hydrogens (primary N) is 7. The highest BCUT2D eigenvalue weighted by atomic mass is 16.4. The maximum absolute atomic E-state index is 13.1. The van der Waals surface area contributed by atoms with Gasteiger partial charge in [-0.1, -0.05) is 0 Å². The van der Waals surface area contributed by atoms with Crippen LogP contribution in [0, 0.1) is 0 Å². The van der Waals surface area contributed by atoms with Gasteiger partial charge in [0.2, 0.25) is 29.5 Å². The van der Waals surface area contributed by atoms with Crippen molar-refractivity contribution in [3.05, 3.63) is 0 Å². The maximum Gasteiger partial charge on any atom is 0.326 e. The molecule has 0 radical (unpaired) electrons. The number of guanidine groups is 2. The van der Waals surface area contributed by atoms with Gasteiger partial charge in [0.05, 0.1) is 12.5 Å². The van der Waals surface area contributed by atoms with E-state index in [-0.39, 0.29) is 57.1 Å². The van der Waals surface area contributed by atoms with Crippen LogP contribution in [0.1, 0.15) is 44.9 Å². The van der Waals surface area contributed by atoms with E-state index in [1.54, 1.807) is 0 Å². The van der Waals surface area contributed by atoms with Crippen molar-refractivity contribution in [3.8, 4) is 0 Å². The molecule has 18 N–H and O–H groups in total. The number of amides is 5. The fourth-order valence-corrected chi connectivity index (χ4v) is 3.20. The Morgan fingerprint density at radius 1 is 0.625 bits per heavy atom. The quantitative estimate of drug-likeness (QED) is 0.0369. The van der Waals surface area contributed by atoms with E-state index in [9.17, 15) is 33.9 Å². The van der Waals surface area contributed by atoms with Crippen molar-refractivity contribution in [3.63, 3.8) is 0 Å². The van der Waals surface area contributed by atoms with E-state index in [0.29, 0.717) is 6.42 Å². The van der Waals surface area contributed by atoms with Gasteiger partial charge in [-0.2, -0.15) is 0 Å². The van der Waals surface area contributed by atoms with Gasteiger partial charge in [0.15, 0.2) is 11.9 Å². The molecule has 0 spiro atoms. The van der Waals surface area contributed by atoms with Crippen LogP contribution in [0.15, 0.2) is 9.98 Å². The van der Waals surface area contributed by atoms with Crippen LogP contribution in [0.25, 0.3) is 0 Å². The number of aliphatic imine (C=N–C) groups is 2. The van der Waals surface area contributed by atoms with Crippen molar-refractivity contribution in [2.45, 2.75) is 69.1 Å². The van der Waals surface area contributed by atoms with E-state index in [1.807, 2.05) is 0 Å². The number of carbonyl (C=O) groups is 6. The van der Waals surface area contributed by atoms with Crippen LogP contribution in [0.2, 0.25) is 0 Å². The average molecular weight is 573 g/mol. The van der Waals surface area contributed by atoms with Crippen LogP contribution in [0.3, 0.4) is 0 Å². The lowest BCUT2D eigenvalue weighted by molar-refractivity contribution is -0.143. The van der Waals surface area contributed by atoms with Crippen molar-refractivity contribution in [1.82, 2.24) is 16.0 Å². The van der Waals surface area contributed by atoms with Crippen LogP contribution in [-0.4, -0.2) is 89.8 Å². The summed E-state index contributed by atoms with van der Waals surface area (Å²) in [4.78, 5) is 80.1. The van der Waals surface area contributed by atoms with Crippen LogP contribution in [-0.2, 0) is 28.8 Å². The fourth-order valence-electron chi connectivity index (χ4n) is 3.20. The van der Waals surface area contributed by atoms with Gasteiger partial charge in [-0.05, 0) is 32.1 Å². The molecule has 19 nitrogen and oxygen atoms in total. The van der Waals surface area contributed by atoms with Crippen LogP contribution in [0.5, 0.6) is 0 Å². The van der Waals surface area contributed by atoms with Crippen LogP contribution < -0.4 is 56.1 Å². The monoisotopic (exact) mass is 572 g/mol. The van der Waals surface area contributed by atoms with Gasteiger partial charge in [-0.15, -0.1) is 0 Å². The highest BCUT2D eigenvalue weighted by Crippen LogP contribution is 2.06. The van der Waals surface area contributed by atoms with Crippen molar-refractivity contribution in [1.29, 1.82) is 0 Å². The molecule has 4 unspecified atom stereocenters. The molecule has 0 fully saturated rings. The third kappa shape index (κ3) is 16.2. The molecule has 0 heterocycles. The van der Waals surface area contributed by atoms with E-state index >= 15 is 0 Å². The molecule has 19 heteroatoms. The summed E-state index contributed by atoms with van der Waals surface area (Å²) in [6, 6.07) is -5.40. The van der Waals surface area contributed by atoms with Gasteiger partial charge in [-0.3, -0.25) is 34.0 Å². The molecule has 5 amide bonds. The summed E-state index contributed by atoms with van der Waals surface area (Å²) >= 11 is 0. The first-order chi connectivity index (χ1) is 18.6. The molecule has 0 saturated carbocycles. The number of aliphatic carboxylic acids is 1. The molecule has 0 aromatic heterocycles. The number of nitrogens with one attached hydrogen (secondary N) is 3. The topological polar surface area (TPSA) is 366 Å². The Bertz CT molecular complexity index is 964. The summed E-state index contributed by atoms with van der Waals surface area (Å²) in [6.07, 6.45) is -0.596. The lowest BCUT2D eigenvalue weighted by Gasteiger charge is -2.25.